The molecule has 1 rings (SSSR count). The Morgan fingerprint density at radius 1 is 1.67 bits per heavy atom. The number of H-pyrrole nitrogens is 1. The van der Waals surface area contributed by atoms with Gasteiger partial charge in [-0.1, -0.05) is 13.8 Å². The second-order valence-electron chi connectivity index (χ2n) is 3.99. The summed E-state index contributed by atoms with van der Waals surface area (Å²) >= 11 is 0. The summed E-state index contributed by atoms with van der Waals surface area (Å²) in [6, 6.07) is -0.431. The van der Waals surface area contributed by atoms with Gasteiger partial charge in [-0.3, -0.25) is 4.79 Å². The Kier molecular flexibility index (Phi) is 4.30. The highest BCUT2D eigenvalue weighted by atomic mass is 16.2. The van der Waals surface area contributed by atoms with Crippen LogP contribution >= 0.6 is 0 Å². The van der Waals surface area contributed by atoms with E-state index in [0.29, 0.717) is 18.9 Å². The van der Waals surface area contributed by atoms with Gasteiger partial charge in [-0.25, -0.2) is 4.98 Å². The summed E-state index contributed by atoms with van der Waals surface area (Å²) in [6.07, 6.45) is 4.06. The minimum Gasteiger partial charge on any atom is -0.348 e. The van der Waals surface area contributed by atoms with Crippen molar-refractivity contribution in [2.24, 2.45) is 11.7 Å². The predicted octanol–water partition coefficient (Wildman–Crippen LogP) is 0.399. The van der Waals surface area contributed by atoms with E-state index in [1.807, 2.05) is 13.8 Å². The monoisotopic (exact) mass is 210 g/mol. The zero-order valence-corrected chi connectivity index (χ0v) is 9.16. The molecule has 0 saturated heterocycles. The quantitative estimate of drug-likeness (QED) is 0.657. The van der Waals surface area contributed by atoms with Crippen molar-refractivity contribution in [3.05, 3.63) is 18.2 Å². The van der Waals surface area contributed by atoms with Crippen LogP contribution in [-0.4, -0.2) is 21.9 Å². The normalized spacial score (nSPS) is 12.8. The fourth-order valence-corrected chi connectivity index (χ4v) is 1.31. The molecule has 0 spiro atoms. The number of carbonyl (C=O) groups is 1. The van der Waals surface area contributed by atoms with Crippen molar-refractivity contribution in [3.63, 3.8) is 0 Å². The molecule has 0 bridgehead atoms. The number of imidazole rings is 1. The molecular weight excluding hydrogens is 192 g/mol. The molecule has 0 aliphatic rings. The molecule has 4 N–H and O–H groups in total. The third-order valence-electron chi connectivity index (χ3n) is 2.05. The number of rotatable bonds is 5. The average molecular weight is 210 g/mol. The van der Waals surface area contributed by atoms with Crippen LogP contribution in [0.3, 0.4) is 0 Å². The first-order valence-corrected chi connectivity index (χ1v) is 5.11. The maximum atomic E-state index is 11.5. The highest BCUT2D eigenvalue weighted by Gasteiger charge is 2.14. The summed E-state index contributed by atoms with van der Waals surface area (Å²) in [4.78, 5) is 18.4. The zero-order valence-electron chi connectivity index (χ0n) is 9.16. The summed E-state index contributed by atoms with van der Waals surface area (Å²) in [7, 11) is 0. The van der Waals surface area contributed by atoms with Crippen molar-refractivity contribution < 1.29 is 4.79 Å². The third kappa shape index (κ3) is 4.12. The van der Waals surface area contributed by atoms with Gasteiger partial charge >= 0.3 is 0 Å². The van der Waals surface area contributed by atoms with E-state index >= 15 is 0 Å². The number of aromatic nitrogens is 2. The van der Waals surface area contributed by atoms with Crippen molar-refractivity contribution >= 4 is 5.91 Å². The number of hydrogen-bond donors (Lipinski definition) is 3. The van der Waals surface area contributed by atoms with Crippen LogP contribution in [0.2, 0.25) is 0 Å². The molecular formula is C10H18N4O. The van der Waals surface area contributed by atoms with Crippen molar-refractivity contribution in [1.29, 1.82) is 0 Å². The molecule has 1 aromatic rings. The number of nitrogens with zero attached hydrogens (tertiary/aromatic N) is 1. The predicted molar refractivity (Wildman–Crippen MR) is 57.9 cm³/mol. The van der Waals surface area contributed by atoms with Crippen molar-refractivity contribution in [1.82, 2.24) is 15.3 Å². The molecule has 1 heterocycles. The van der Waals surface area contributed by atoms with E-state index in [-0.39, 0.29) is 5.91 Å². The molecule has 0 aliphatic heterocycles. The van der Waals surface area contributed by atoms with Crippen LogP contribution in [0, 0.1) is 5.92 Å². The van der Waals surface area contributed by atoms with Gasteiger partial charge in [0.2, 0.25) is 5.91 Å². The highest BCUT2D eigenvalue weighted by Crippen LogP contribution is 2.02. The molecule has 1 aromatic heterocycles. The molecule has 0 saturated carbocycles. The summed E-state index contributed by atoms with van der Waals surface area (Å²) < 4.78 is 0. The van der Waals surface area contributed by atoms with E-state index < -0.39 is 6.04 Å². The SMILES string of the molecule is CC(C)C[C@H](N)C(=O)NCc1ncc[nH]1. The Morgan fingerprint density at radius 3 is 2.93 bits per heavy atom. The Hall–Kier alpha value is -1.36. The van der Waals surface area contributed by atoms with Crippen LogP contribution in [-0.2, 0) is 11.3 Å². The molecule has 0 aromatic carbocycles. The topological polar surface area (TPSA) is 83.8 Å². The molecule has 0 fully saturated rings. The largest absolute Gasteiger partial charge is 0.348 e. The molecule has 1 amide bonds. The summed E-state index contributed by atoms with van der Waals surface area (Å²) in [5.41, 5.74) is 5.71. The average Bonchev–Trinajstić information content (AvgIpc) is 2.65. The molecule has 15 heavy (non-hydrogen) atoms. The van der Waals surface area contributed by atoms with Crippen LogP contribution in [0.25, 0.3) is 0 Å². The van der Waals surface area contributed by atoms with E-state index in [2.05, 4.69) is 15.3 Å². The summed E-state index contributed by atoms with van der Waals surface area (Å²) in [5, 5.41) is 2.73. The Morgan fingerprint density at radius 2 is 2.40 bits per heavy atom. The molecule has 5 heteroatoms. The van der Waals surface area contributed by atoms with Gasteiger partial charge in [-0.05, 0) is 12.3 Å². The third-order valence-corrected chi connectivity index (χ3v) is 2.05. The van der Waals surface area contributed by atoms with Gasteiger partial charge < -0.3 is 16.0 Å². The van der Waals surface area contributed by atoms with Crippen LogP contribution < -0.4 is 11.1 Å². The first-order valence-electron chi connectivity index (χ1n) is 5.11. The van der Waals surface area contributed by atoms with E-state index in [4.69, 9.17) is 5.73 Å². The van der Waals surface area contributed by atoms with E-state index in [1.54, 1.807) is 12.4 Å². The maximum Gasteiger partial charge on any atom is 0.237 e. The number of nitrogens with one attached hydrogen (secondary N) is 2. The lowest BCUT2D eigenvalue weighted by Crippen LogP contribution is -2.41. The van der Waals surface area contributed by atoms with Gasteiger partial charge in [-0.15, -0.1) is 0 Å². The Bertz CT molecular complexity index is 294. The van der Waals surface area contributed by atoms with Crippen LogP contribution in [0.15, 0.2) is 12.4 Å². The minimum absolute atomic E-state index is 0.125. The fraction of sp³-hybridized carbons (Fsp3) is 0.600. The lowest BCUT2D eigenvalue weighted by Gasteiger charge is -2.13. The van der Waals surface area contributed by atoms with Gasteiger partial charge in [0, 0.05) is 12.4 Å². The second kappa shape index (κ2) is 5.50. The van der Waals surface area contributed by atoms with Crippen LogP contribution in [0.1, 0.15) is 26.1 Å². The van der Waals surface area contributed by atoms with Crippen molar-refractivity contribution in [3.8, 4) is 0 Å². The first-order chi connectivity index (χ1) is 7.09. The van der Waals surface area contributed by atoms with Crippen molar-refractivity contribution in [2.75, 3.05) is 0 Å². The maximum absolute atomic E-state index is 11.5. The smallest absolute Gasteiger partial charge is 0.237 e. The number of carbonyl (C=O) groups excluding carboxylic acids is 1. The van der Waals surface area contributed by atoms with Gasteiger partial charge in [0.05, 0.1) is 12.6 Å². The van der Waals surface area contributed by atoms with Gasteiger partial charge in [0.1, 0.15) is 5.82 Å². The molecule has 84 valence electrons. The van der Waals surface area contributed by atoms with E-state index in [0.717, 1.165) is 5.82 Å². The number of aromatic amines is 1. The molecule has 1 atom stereocenters. The summed E-state index contributed by atoms with van der Waals surface area (Å²) in [6.45, 7) is 4.48. The molecule has 0 unspecified atom stereocenters. The lowest BCUT2D eigenvalue weighted by atomic mass is 10.0. The number of nitrogens with two attached hydrogens (primary N) is 1. The van der Waals surface area contributed by atoms with E-state index in [9.17, 15) is 4.79 Å². The molecule has 0 aliphatic carbocycles. The number of hydrogen-bond acceptors (Lipinski definition) is 3. The second-order valence-corrected chi connectivity index (χ2v) is 3.99. The zero-order chi connectivity index (χ0) is 11.3. The molecule has 0 radical (unpaired) electrons. The standard InChI is InChI=1S/C10H18N4O/c1-7(2)5-8(11)10(15)14-6-9-12-3-4-13-9/h3-4,7-8H,5-6,11H2,1-2H3,(H,12,13)(H,14,15)/t8-/m0/s1. The highest BCUT2D eigenvalue weighted by molar-refractivity contribution is 5.81. The first kappa shape index (κ1) is 11.7. The molecule has 5 nitrogen and oxygen atoms in total. The van der Waals surface area contributed by atoms with E-state index in [1.165, 1.54) is 0 Å². The van der Waals surface area contributed by atoms with Gasteiger partial charge in [0.15, 0.2) is 0 Å². The lowest BCUT2D eigenvalue weighted by molar-refractivity contribution is -0.122. The number of amides is 1. The van der Waals surface area contributed by atoms with Crippen LogP contribution in [0.5, 0.6) is 0 Å². The fourth-order valence-electron chi connectivity index (χ4n) is 1.31. The van der Waals surface area contributed by atoms with Crippen molar-refractivity contribution in [2.45, 2.75) is 32.9 Å². The van der Waals surface area contributed by atoms with Gasteiger partial charge in [-0.2, -0.15) is 0 Å². The summed E-state index contributed by atoms with van der Waals surface area (Å²) in [5.74, 6) is 1.04. The van der Waals surface area contributed by atoms with Crippen LogP contribution in [0.4, 0.5) is 0 Å². The Balaban J connectivity index is 2.29. The van der Waals surface area contributed by atoms with Gasteiger partial charge in [0.25, 0.3) is 0 Å². The Labute approximate surface area is 89.5 Å². The minimum atomic E-state index is -0.431.